The van der Waals surface area contributed by atoms with Crippen LogP contribution in [0.5, 0.6) is 17.2 Å². The molecule has 0 N–H and O–H groups in total. The first-order valence-electron chi connectivity index (χ1n) is 13.8. The van der Waals surface area contributed by atoms with Gasteiger partial charge in [-0.05, 0) is 72.2 Å². The lowest BCUT2D eigenvalue weighted by Crippen LogP contribution is -2.45. The smallest absolute Gasteiger partial charge is 0.490 e. The first-order valence-corrected chi connectivity index (χ1v) is 13.8. The highest BCUT2D eigenvalue weighted by Crippen LogP contribution is 2.56. The number of ether oxygens (including phenoxy) is 4. The number of esters is 1. The van der Waals surface area contributed by atoms with E-state index in [1.54, 1.807) is 51.1 Å². The lowest BCUT2D eigenvalue weighted by atomic mass is 9.84. The van der Waals surface area contributed by atoms with Crippen LogP contribution in [0.15, 0.2) is 30.3 Å². The molecule has 11 heteroatoms. The number of hydrogen-bond acceptors (Lipinski definition) is 7. The van der Waals surface area contributed by atoms with Crippen molar-refractivity contribution in [3.63, 3.8) is 0 Å². The molecule has 1 amide bonds. The van der Waals surface area contributed by atoms with Crippen LogP contribution in [0.4, 0.5) is 23.7 Å². The van der Waals surface area contributed by atoms with Gasteiger partial charge in [0.25, 0.3) is 0 Å². The van der Waals surface area contributed by atoms with Crippen molar-refractivity contribution in [2.24, 2.45) is 5.92 Å². The van der Waals surface area contributed by atoms with Crippen molar-refractivity contribution in [2.45, 2.75) is 71.9 Å². The Bertz CT molecular complexity index is 1280. The molecule has 2 aromatic rings. The lowest BCUT2D eigenvalue weighted by molar-refractivity contribution is -0.275. The van der Waals surface area contributed by atoms with E-state index in [9.17, 15) is 22.8 Å². The second-order valence-corrected chi connectivity index (χ2v) is 11.4. The quantitative estimate of drug-likeness (QED) is 0.198. The summed E-state index contributed by atoms with van der Waals surface area (Å²) in [4.78, 5) is 30.6. The zero-order valence-electron chi connectivity index (χ0n) is 24.3. The summed E-state index contributed by atoms with van der Waals surface area (Å²) in [5, 5.41) is 0. The molecule has 0 aliphatic carbocycles. The van der Waals surface area contributed by atoms with E-state index in [-0.39, 0.29) is 52.9 Å². The molecule has 2 atom stereocenters. The number of unbranched alkanes of at least 4 members (excludes halogenated alkanes) is 1. The Morgan fingerprint density at radius 1 is 1.07 bits per heavy atom. The second-order valence-electron chi connectivity index (χ2n) is 11.4. The molecule has 1 fully saturated rings. The Morgan fingerprint density at radius 2 is 1.76 bits per heavy atom. The lowest BCUT2D eigenvalue weighted by Gasteiger charge is -2.41. The van der Waals surface area contributed by atoms with Crippen molar-refractivity contribution < 1.29 is 41.7 Å². The molecule has 0 aromatic heterocycles. The summed E-state index contributed by atoms with van der Waals surface area (Å²) in [5.74, 6) is -1.48. The molecule has 2 heterocycles. The highest BCUT2D eigenvalue weighted by Gasteiger charge is 2.49. The predicted octanol–water partition coefficient (Wildman–Crippen LogP) is 7.04. The maximum absolute atomic E-state index is 14.0. The van der Waals surface area contributed by atoms with Gasteiger partial charge < -0.3 is 18.9 Å². The van der Waals surface area contributed by atoms with Gasteiger partial charge in [-0.25, -0.2) is 9.59 Å². The van der Waals surface area contributed by atoms with E-state index < -0.39 is 35.8 Å². The first kappa shape index (κ1) is 30.5. The zero-order valence-corrected chi connectivity index (χ0v) is 24.3. The number of hydrogen-bond donors (Lipinski definition) is 0. The van der Waals surface area contributed by atoms with Gasteiger partial charge in [-0.2, -0.15) is 0 Å². The summed E-state index contributed by atoms with van der Waals surface area (Å²) < 4.78 is 64.0. The molecule has 0 bridgehead atoms. The van der Waals surface area contributed by atoms with Gasteiger partial charge in [0, 0.05) is 23.7 Å². The van der Waals surface area contributed by atoms with Crippen LogP contribution in [-0.2, 0) is 4.74 Å². The summed E-state index contributed by atoms with van der Waals surface area (Å²) in [6.07, 6.45) is -3.79. The maximum Gasteiger partial charge on any atom is 0.573 e. The number of para-hydroxylation sites is 1. The Labute approximate surface area is 238 Å². The van der Waals surface area contributed by atoms with Crippen LogP contribution < -0.4 is 19.1 Å². The van der Waals surface area contributed by atoms with E-state index in [1.165, 1.54) is 11.8 Å². The number of benzene rings is 2. The summed E-state index contributed by atoms with van der Waals surface area (Å²) in [6.45, 7) is 9.39. The Morgan fingerprint density at radius 3 is 2.37 bits per heavy atom. The van der Waals surface area contributed by atoms with Gasteiger partial charge >= 0.3 is 18.4 Å². The van der Waals surface area contributed by atoms with Crippen molar-refractivity contribution in [2.75, 3.05) is 31.6 Å². The number of amides is 1. The normalized spacial score (nSPS) is 18.9. The fourth-order valence-corrected chi connectivity index (χ4v) is 5.46. The summed E-state index contributed by atoms with van der Waals surface area (Å²) in [5.41, 5.74) is -1.02. The maximum atomic E-state index is 14.0. The van der Waals surface area contributed by atoms with Crippen LogP contribution in [0, 0.1) is 12.8 Å². The minimum atomic E-state index is -5.06. The molecule has 0 spiro atoms. The molecular weight excluding hydrogens is 541 g/mol. The molecule has 4 rings (SSSR count). The van der Waals surface area contributed by atoms with Gasteiger partial charge in [-0.1, -0.05) is 31.5 Å². The number of anilines is 1. The largest absolute Gasteiger partial charge is 0.573 e. The van der Waals surface area contributed by atoms with Gasteiger partial charge in [-0.3, -0.25) is 9.80 Å². The van der Waals surface area contributed by atoms with Crippen LogP contribution in [-0.4, -0.2) is 55.7 Å². The molecule has 2 aliphatic rings. The Kier molecular flexibility index (Phi) is 8.77. The number of alkyl halides is 3. The fourth-order valence-electron chi connectivity index (χ4n) is 5.46. The third-order valence-electron chi connectivity index (χ3n) is 7.15. The van der Waals surface area contributed by atoms with Crippen molar-refractivity contribution in [3.05, 3.63) is 47.0 Å². The monoisotopic (exact) mass is 578 g/mol. The molecule has 8 nitrogen and oxygen atoms in total. The van der Waals surface area contributed by atoms with E-state index in [0.717, 1.165) is 6.42 Å². The third kappa shape index (κ3) is 6.72. The summed E-state index contributed by atoms with van der Waals surface area (Å²) in [6, 6.07) is 7.68. The Hall–Kier alpha value is -3.47. The van der Waals surface area contributed by atoms with Gasteiger partial charge in [0.2, 0.25) is 0 Å². The molecule has 224 valence electrons. The number of carbonyl (C=O) groups is 2. The van der Waals surface area contributed by atoms with Crippen LogP contribution in [0.25, 0.3) is 0 Å². The number of nitrogens with zero attached hydrogens (tertiary/aromatic N) is 2. The van der Waals surface area contributed by atoms with Gasteiger partial charge in [0.15, 0.2) is 5.75 Å². The molecule has 0 saturated carbocycles. The van der Waals surface area contributed by atoms with Gasteiger partial charge in [0.05, 0.1) is 12.3 Å². The van der Waals surface area contributed by atoms with Crippen molar-refractivity contribution >= 4 is 17.7 Å². The number of carbonyl (C=O) groups excluding carboxylic acids is 2. The van der Waals surface area contributed by atoms with Crippen molar-refractivity contribution in [1.82, 2.24) is 4.90 Å². The van der Waals surface area contributed by atoms with Gasteiger partial charge in [0.1, 0.15) is 22.7 Å². The zero-order chi connectivity index (χ0) is 30.1. The van der Waals surface area contributed by atoms with E-state index in [0.29, 0.717) is 19.4 Å². The fraction of sp³-hybridized carbons (Fsp3) is 0.533. The number of fused-ring (bicyclic) bond motifs is 3. The number of halogens is 3. The second kappa shape index (κ2) is 11.8. The molecular formula is C30H37F3N2O6. The van der Waals surface area contributed by atoms with E-state index >= 15 is 0 Å². The highest BCUT2D eigenvalue weighted by atomic mass is 19.4. The standard InChI is InChI=1S/C30H37F3N2O6/c1-7-8-16-38-26-21(27(36)39-20-12-10-9-11-13-20)18(2)25(40-30(31,32)33)22-23-19(14-15-34(23)6)17-35(24(22)26)28(37)41-29(3,4)5/h9-13,19,23H,7-8,14-17H2,1-6H3. The van der Waals surface area contributed by atoms with E-state index in [2.05, 4.69) is 4.74 Å². The molecule has 0 radical (unpaired) electrons. The average Bonchev–Trinajstić information content (AvgIpc) is 3.24. The van der Waals surface area contributed by atoms with Crippen molar-refractivity contribution in [1.29, 1.82) is 0 Å². The molecule has 2 unspecified atom stereocenters. The minimum absolute atomic E-state index is 0.0222. The average molecular weight is 579 g/mol. The Balaban J connectivity index is 2.03. The number of likely N-dealkylation sites (tertiary alicyclic amines) is 1. The molecule has 2 aromatic carbocycles. The van der Waals surface area contributed by atoms with Crippen LogP contribution >= 0.6 is 0 Å². The molecule has 41 heavy (non-hydrogen) atoms. The third-order valence-corrected chi connectivity index (χ3v) is 7.15. The van der Waals surface area contributed by atoms with E-state index in [4.69, 9.17) is 14.2 Å². The van der Waals surface area contributed by atoms with E-state index in [1.807, 2.05) is 18.9 Å². The number of rotatable bonds is 7. The van der Waals surface area contributed by atoms with Crippen LogP contribution in [0.3, 0.4) is 0 Å². The minimum Gasteiger partial charge on any atom is -0.490 e. The van der Waals surface area contributed by atoms with Crippen LogP contribution in [0.2, 0.25) is 0 Å². The van der Waals surface area contributed by atoms with Crippen LogP contribution in [0.1, 0.15) is 74.5 Å². The molecule has 1 saturated heterocycles. The molecule has 2 aliphatic heterocycles. The summed E-state index contributed by atoms with van der Waals surface area (Å²) >= 11 is 0. The summed E-state index contributed by atoms with van der Waals surface area (Å²) in [7, 11) is 1.82. The SMILES string of the molecule is CCCCOc1c(C(=O)Oc2ccccc2)c(C)c(OC(F)(F)F)c2c1N(C(=O)OC(C)(C)C)CC1CCN(C)C21. The van der Waals surface area contributed by atoms with Gasteiger partial charge in [-0.15, -0.1) is 13.2 Å². The first-order chi connectivity index (χ1) is 19.2. The predicted molar refractivity (Wildman–Crippen MR) is 147 cm³/mol. The topological polar surface area (TPSA) is 77.5 Å². The highest BCUT2D eigenvalue weighted by molar-refractivity contribution is 6.03. The van der Waals surface area contributed by atoms with Crippen molar-refractivity contribution in [3.8, 4) is 17.2 Å².